The summed E-state index contributed by atoms with van der Waals surface area (Å²) in [5, 5.41) is 10.4. The number of nitrogens with zero attached hydrogens (tertiary/aromatic N) is 2. The Balaban J connectivity index is 0.000000223. The highest BCUT2D eigenvalue weighted by atomic mass is 32.3. The number of guanidine groups is 1. The molecule has 0 atom stereocenters. The minimum atomic E-state index is -4.67. The van der Waals surface area contributed by atoms with E-state index in [1.165, 1.54) is 0 Å². The van der Waals surface area contributed by atoms with Crippen molar-refractivity contribution < 1.29 is 27.4 Å². The van der Waals surface area contributed by atoms with Gasteiger partial charge in [-0.15, -0.1) is 0 Å². The average Bonchev–Trinajstić information content (AvgIpc) is 3.01. The molecule has 12 heteroatoms. The van der Waals surface area contributed by atoms with Crippen molar-refractivity contribution in [1.82, 2.24) is 9.88 Å². The molecule has 0 fully saturated rings. The van der Waals surface area contributed by atoms with Gasteiger partial charge in [0.05, 0.1) is 0 Å². The van der Waals surface area contributed by atoms with Crippen molar-refractivity contribution in [2.75, 3.05) is 20.1 Å². The number of amides is 1. The molecule has 26 heavy (non-hydrogen) atoms. The number of phenolic OH excluding ortho intramolecular Hbond substituents is 1. The zero-order valence-corrected chi connectivity index (χ0v) is 14.8. The SMILES string of the molecule is CN1CC(=O)N=C1N.NCCc1c[nH]c2ccc(O)cc12.O=S(=O)(O)O. The van der Waals surface area contributed by atoms with E-state index in [-0.39, 0.29) is 5.91 Å². The van der Waals surface area contributed by atoms with Crippen LogP contribution in [0.3, 0.4) is 0 Å². The molecule has 1 aliphatic rings. The van der Waals surface area contributed by atoms with Gasteiger partial charge in [0, 0.05) is 24.1 Å². The van der Waals surface area contributed by atoms with Crippen molar-refractivity contribution >= 4 is 33.2 Å². The molecule has 1 amide bonds. The summed E-state index contributed by atoms with van der Waals surface area (Å²) in [5.74, 6) is 0.449. The van der Waals surface area contributed by atoms with Crippen LogP contribution in [-0.4, -0.2) is 64.5 Å². The topological polar surface area (TPSA) is 195 Å². The molecule has 11 nitrogen and oxygen atoms in total. The van der Waals surface area contributed by atoms with Gasteiger partial charge in [0.25, 0.3) is 5.91 Å². The van der Waals surface area contributed by atoms with E-state index in [4.69, 9.17) is 29.0 Å². The number of hydrogen-bond acceptors (Lipinski definition) is 7. The molecule has 1 aromatic carbocycles. The maximum Gasteiger partial charge on any atom is 0.394 e. The minimum absolute atomic E-state index is 0.162. The summed E-state index contributed by atoms with van der Waals surface area (Å²) in [6, 6.07) is 5.30. The number of hydrogen-bond donors (Lipinski definition) is 6. The molecule has 1 aliphatic heterocycles. The van der Waals surface area contributed by atoms with Gasteiger partial charge in [-0.05, 0) is 36.7 Å². The lowest BCUT2D eigenvalue weighted by molar-refractivity contribution is -0.116. The Morgan fingerprint density at radius 1 is 1.35 bits per heavy atom. The molecule has 144 valence electrons. The third-order valence-corrected chi connectivity index (χ3v) is 3.17. The Morgan fingerprint density at radius 3 is 2.38 bits per heavy atom. The number of nitrogens with two attached hydrogens (primary N) is 2. The van der Waals surface area contributed by atoms with E-state index in [0.29, 0.717) is 24.8 Å². The molecule has 0 unspecified atom stereocenters. The van der Waals surface area contributed by atoms with Gasteiger partial charge in [-0.2, -0.15) is 13.4 Å². The predicted octanol–water partition coefficient (Wildman–Crippen LogP) is -0.505. The van der Waals surface area contributed by atoms with E-state index in [1.807, 2.05) is 12.3 Å². The quantitative estimate of drug-likeness (QED) is 0.368. The van der Waals surface area contributed by atoms with Crippen molar-refractivity contribution in [3.8, 4) is 5.75 Å². The summed E-state index contributed by atoms with van der Waals surface area (Å²) in [4.78, 5) is 18.5. The normalized spacial score (nSPS) is 13.6. The van der Waals surface area contributed by atoms with Crippen LogP contribution in [0.4, 0.5) is 0 Å². The van der Waals surface area contributed by atoms with E-state index < -0.39 is 10.4 Å². The molecule has 3 rings (SSSR count). The van der Waals surface area contributed by atoms with Gasteiger partial charge in [0.15, 0.2) is 5.96 Å². The van der Waals surface area contributed by atoms with Crippen molar-refractivity contribution in [3.05, 3.63) is 30.0 Å². The number of aromatic hydroxyl groups is 1. The molecule has 1 aromatic heterocycles. The van der Waals surface area contributed by atoms with Crippen LogP contribution in [-0.2, 0) is 21.6 Å². The largest absolute Gasteiger partial charge is 0.508 e. The summed E-state index contributed by atoms with van der Waals surface area (Å²) >= 11 is 0. The van der Waals surface area contributed by atoms with Crippen LogP contribution < -0.4 is 11.5 Å². The zero-order valence-electron chi connectivity index (χ0n) is 14.0. The van der Waals surface area contributed by atoms with E-state index in [1.54, 1.807) is 24.1 Å². The van der Waals surface area contributed by atoms with Crippen LogP contribution in [0, 0.1) is 0 Å². The Bertz CT molecular complexity index is 884. The Morgan fingerprint density at radius 2 is 1.96 bits per heavy atom. The van der Waals surface area contributed by atoms with Crippen LogP contribution in [0.1, 0.15) is 5.56 Å². The number of aliphatic imine (C=N–C) groups is 1. The number of rotatable bonds is 2. The maximum absolute atomic E-state index is 10.4. The predicted molar refractivity (Wildman–Crippen MR) is 96.2 cm³/mol. The summed E-state index contributed by atoms with van der Waals surface area (Å²) in [6.45, 7) is 0.953. The standard InChI is InChI=1S/C10H12N2O.C4H7N3O.H2O4S/c11-4-3-7-6-12-10-2-1-8(13)5-9(7)10;1-7-2-3(8)6-4(7)5;1-5(2,3)4/h1-2,5-6,12-13H,3-4,11H2;2H2,1H3,(H2,5,6,8);(H2,1,2,3,4). The van der Waals surface area contributed by atoms with Gasteiger partial charge in [-0.3, -0.25) is 13.9 Å². The fourth-order valence-corrected chi connectivity index (χ4v) is 2.06. The number of fused-ring (bicyclic) bond motifs is 1. The zero-order chi connectivity index (χ0) is 19.9. The molecule has 0 aliphatic carbocycles. The minimum Gasteiger partial charge on any atom is -0.508 e. The number of benzene rings is 1. The van der Waals surface area contributed by atoms with E-state index >= 15 is 0 Å². The number of likely N-dealkylation sites (N-methyl/N-ethyl adjacent to an activating group) is 1. The third kappa shape index (κ3) is 7.48. The van der Waals surface area contributed by atoms with Crippen LogP contribution in [0.25, 0.3) is 10.9 Å². The van der Waals surface area contributed by atoms with Gasteiger partial charge >= 0.3 is 10.4 Å². The number of nitrogens with one attached hydrogen (secondary N) is 1. The van der Waals surface area contributed by atoms with E-state index in [0.717, 1.165) is 22.9 Å². The van der Waals surface area contributed by atoms with Crippen LogP contribution in [0.2, 0.25) is 0 Å². The summed E-state index contributed by atoms with van der Waals surface area (Å²) < 4.78 is 31.6. The second-order valence-electron chi connectivity index (χ2n) is 5.25. The first-order valence-electron chi connectivity index (χ1n) is 7.28. The third-order valence-electron chi connectivity index (χ3n) is 3.17. The second kappa shape index (κ2) is 9.15. The van der Waals surface area contributed by atoms with Crippen LogP contribution >= 0.6 is 0 Å². The first kappa shape index (κ1) is 21.4. The fraction of sp³-hybridized carbons (Fsp3) is 0.286. The average molecular weight is 387 g/mol. The molecule has 2 aromatic rings. The summed E-state index contributed by atoms with van der Waals surface area (Å²) in [5.41, 5.74) is 12.9. The molecular formula is C14H21N5O6S. The fourth-order valence-electron chi connectivity index (χ4n) is 2.06. The number of carbonyl (C=O) groups excluding carboxylic acids is 1. The second-order valence-corrected chi connectivity index (χ2v) is 6.15. The number of aromatic nitrogens is 1. The molecule has 0 spiro atoms. The van der Waals surface area contributed by atoms with Gasteiger partial charge < -0.3 is 26.5 Å². The van der Waals surface area contributed by atoms with Crippen molar-refractivity contribution in [1.29, 1.82) is 0 Å². The van der Waals surface area contributed by atoms with Crippen molar-refractivity contribution in [3.63, 3.8) is 0 Å². The lowest BCUT2D eigenvalue weighted by atomic mass is 10.1. The maximum atomic E-state index is 10.4. The lowest BCUT2D eigenvalue weighted by Crippen LogP contribution is -2.29. The van der Waals surface area contributed by atoms with Gasteiger partial charge in [-0.25, -0.2) is 0 Å². The highest BCUT2D eigenvalue weighted by Gasteiger charge is 2.15. The number of phenols is 1. The van der Waals surface area contributed by atoms with Crippen LogP contribution in [0.5, 0.6) is 5.75 Å². The molecular weight excluding hydrogens is 366 g/mol. The monoisotopic (exact) mass is 387 g/mol. The lowest BCUT2D eigenvalue weighted by Gasteiger charge is -2.05. The Kier molecular flexibility index (Phi) is 7.52. The summed E-state index contributed by atoms with van der Waals surface area (Å²) in [7, 11) is -2.94. The Hall–Kier alpha value is -2.67. The van der Waals surface area contributed by atoms with E-state index in [2.05, 4.69) is 9.98 Å². The first-order chi connectivity index (χ1) is 12.0. The Labute approximate surface area is 149 Å². The number of H-pyrrole nitrogens is 1. The highest BCUT2D eigenvalue weighted by molar-refractivity contribution is 7.79. The first-order valence-corrected chi connectivity index (χ1v) is 8.68. The van der Waals surface area contributed by atoms with Crippen molar-refractivity contribution in [2.24, 2.45) is 16.5 Å². The van der Waals surface area contributed by atoms with Gasteiger partial charge in [0.1, 0.15) is 12.3 Å². The molecule has 8 N–H and O–H groups in total. The summed E-state index contributed by atoms with van der Waals surface area (Å²) in [6.07, 6.45) is 2.78. The van der Waals surface area contributed by atoms with Gasteiger partial charge in [0.2, 0.25) is 0 Å². The smallest absolute Gasteiger partial charge is 0.394 e. The molecule has 0 saturated carbocycles. The molecule has 0 bridgehead atoms. The van der Waals surface area contributed by atoms with Crippen molar-refractivity contribution in [2.45, 2.75) is 6.42 Å². The van der Waals surface area contributed by atoms with E-state index in [9.17, 15) is 9.90 Å². The molecule has 2 heterocycles. The number of carbonyl (C=O) groups is 1. The highest BCUT2D eigenvalue weighted by Crippen LogP contribution is 2.22. The van der Waals surface area contributed by atoms with Crippen LogP contribution in [0.15, 0.2) is 29.4 Å². The van der Waals surface area contributed by atoms with Gasteiger partial charge in [-0.1, -0.05) is 0 Å². The number of aromatic amines is 1. The molecule has 0 radical (unpaired) electrons. The molecule has 0 saturated heterocycles.